The Bertz CT molecular complexity index is 984. The van der Waals surface area contributed by atoms with E-state index >= 15 is 0 Å². The summed E-state index contributed by atoms with van der Waals surface area (Å²) in [6.45, 7) is 6.56. The molecule has 0 aromatic heterocycles. The van der Waals surface area contributed by atoms with Crippen molar-refractivity contribution in [2.24, 2.45) is 0 Å². The third-order valence-corrected chi connectivity index (χ3v) is 10.9. The highest BCUT2D eigenvalue weighted by Crippen LogP contribution is 2.14. The second-order valence-electron chi connectivity index (χ2n) is 16.7. The van der Waals surface area contributed by atoms with Crippen molar-refractivity contribution in [2.75, 3.05) is 13.2 Å². The van der Waals surface area contributed by atoms with Crippen molar-refractivity contribution in [1.29, 1.82) is 0 Å². The van der Waals surface area contributed by atoms with E-state index in [0.29, 0.717) is 19.3 Å². The van der Waals surface area contributed by atoms with Crippen LogP contribution in [0.25, 0.3) is 0 Å². The van der Waals surface area contributed by atoms with E-state index < -0.39 is 6.10 Å². The molecule has 0 heterocycles. The monoisotopic (exact) mass is 815 g/mol. The van der Waals surface area contributed by atoms with Gasteiger partial charge >= 0.3 is 17.9 Å². The lowest BCUT2D eigenvalue weighted by Gasteiger charge is -2.18. The van der Waals surface area contributed by atoms with Gasteiger partial charge in [0, 0.05) is 19.3 Å². The number of esters is 3. The fourth-order valence-electron chi connectivity index (χ4n) is 7.05. The fourth-order valence-corrected chi connectivity index (χ4v) is 7.05. The molecule has 1 atom stereocenters. The van der Waals surface area contributed by atoms with Gasteiger partial charge in [0.15, 0.2) is 6.10 Å². The molecule has 0 aliphatic heterocycles. The lowest BCUT2D eigenvalue weighted by molar-refractivity contribution is -0.167. The number of hydrogen-bond donors (Lipinski definition) is 0. The summed E-state index contributed by atoms with van der Waals surface area (Å²) in [6.07, 6.45) is 54.3. The minimum absolute atomic E-state index is 0.0772. The van der Waals surface area contributed by atoms with Crippen molar-refractivity contribution >= 4 is 17.9 Å². The molecule has 0 bridgehead atoms. The van der Waals surface area contributed by atoms with Gasteiger partial charge in [0.1, 0.15) is 13.2 Å². The summed E-state index contributed by atoms with van der Waals surface area (Å²) in [5.41, 5.74) is 0. The first-order chi connectivity index (χ1) is 28.5. The average Bonchev–Trinajstić information content (AvgIpc) is 3.22. The van der Waals surface area contributed by atoms with E-state index in [1.54, 1.807) is 0 Å². The standard InChI is InChI=1S/C52H94O6/c1-4-7-10-13-16-18-20-22-24-26-27-29-30-32-34-36-39-42-45-51(54)57-48-49(47-56-50(53)44-41-38-15-12-9-6-3)58-52(55)46-43-40-37-35-33-31-28-25-23-21-19-17-14-11-8-5-2/h18,20,24-26,28,49H,4-17,19,21-23,27,29-48H2,1-3H3/b20-18-,26-24-,28-25-. The fraction of sp³-hybridized carbons (Fsp3) is 0.827. The largest absolute Gasteiger partial charge is 0.462 e. The molecule has 0 aromatic carbocycles. The number of rotatable bonds is 45. The summed E-state index contributed by atoms with van der Waals surface area (Å²) in [7, 11) is 0. The van der Waals surface area contributed by atoms with Gasteiger partial charge in [-0.3, -0.25) is 14.4 Å². The van der Waals surface area contributed by atoms with Gasteiger partial charge < -0.3 is 14.2 Å². The summed E-state index contributed by atoms with van der Waals surface area (Å²) in [4.78, 5) is 37.7. The lowest BCUT2D eigenvalue weighted by Crippen LogP contribution is -2.30. The Morgan fingerprint density at radius 1 is 0.345 bits per heavy atom. The Morgan fingerprint density at radius 3 is 0.983 bits per heavy atom. The quantitative estimate of drug-likeness (QED) is 0.0264. The SMILES string of the molecule is CCCCCC/C=C\C/C=C\CCCCCCCCCC(=O)OCC(COC(=O)CCCCCCCC)OC(=O)CCCCCCC/C=C\CCCCCCCCC. The van der Waals surface area contributed by atoms with E-state index in [0.717, 1.165) is 77.0 Å². The van der Waals surface area contributed by atoms with E-state index in [2.05, 4.69) is 57.2 Å². The number of hydrogen-bond acceptors (Lipinski definition) is 6. The van der Waals surface area contributed by atoms with Gasteiger partial charge in [0.05, 0.1) is 0 Å². The van der Waals surface area contributed by atoms with Gasteiger partial charge in [0.2, 0.25) is 0 Å². The van der Waals surface area contributed by atoms with Crippen LogP contribution < -0.4 is 0 Å². The van der Waals surface area contributed by atoms with Gasteiger partial charge in [-0.1, -0.05) is 198 Å². The molecule has 0 aliphatic rings. The molecule has 0 fully saturated rings. The van der Waals surface area contributed by atoms with Gasteiger partial charge in [0.25, 0.3) is 0 Å². The van der Waals surface area contributed by atoms with Crippen LogP contribution in [-0.4, -0.2) is 37.2 Å². The normalized spacial score (nSPS) is 12.3. The molecule has 0 saturated carbocycles. The Hall–Kier alpha value is -2.37. The molecule has 338 valence electrons. The van der Waals surface area contributed by atoms with Crippen molar-refractivity contribution in [2.45, 2.75) is 264 Å². The first-order valence-electron chi connectivity index (χ1n) is 25.0. The molecule has 0 spiro atoms. The molecule has 6 nitrogen and oxygen atoms in total. The third-order valence-electron chi connectivity index (χ3n) is 10.9. The van der Waals surface area contributed by atoms with E-state index in [-0.39, 0.29) is 31.1 Å². The van der Waals surface area contributed by atoms with Crippen LogP contribution in [0.3, 0.4) is 0 Å². The molecule has 0 radical (unpaired) electrons. The van der Waals surface area contributed by atoms with Crippen LogP contribution in [0.1, 0.15) is 258 Å². The van der Waals surface area contributed by atoms with Crippen molar-refractivity contribution in [3.63, 3.8) is 0 Å². The number of carbonyl (C=O) groups is 3. The van der Waals surface area contributed by atoms with Crippen LogP contribution in [0, 0.1) is 0 Å². The second-order valence-corrected chi connectivity index (χ2v) is 16.7. The molecule has 0 aliphatic carbocycles. The van der Waals surface area contributed by atoms with Crippen molar-refractivity contribution in [3.05, 3.63) is 36.5 Å². The zero-order valence-corrected chi connectivity index (χ0v) is 38.6. The Morgan fingerprint density at radius 2 is 0.621 bits per heavy atom. The number of ether oxygens (including phenoxy) is 3. The molecule has 1 unspecified atom stereocenters. The molecular formula is C52H94O6. The van der Waals surface area contributed by atoms with Crippen LogP contribution >= 0.6 is 0 Å². The Balaban J connectivity index is 4.24. The summed E-state index contributed by atoms with van der Waals surface area (Å²) in [5.74, 6) is -0.897. The molecule has 0 N–H and O–H groups in total. The average molecular weight is 815 g/mol. The van der Waals surface area contributed by atoms with E-state index in [1.165, 1.54) is 141 Å². The first kappa shape index (κ1) is 55.6. The van der Waals surface area contributed by atoms with E-state index in [9.17, 15) is 14.4 Å². The highest BCUT2D eigenvalue weighted by molar-refractivity contribution is 5.71. The zero-order valence-electron chi connectivity index (χ0n) is 38.6. The molecule has 0 saturated heterocycles. The number of unbranched alkanes of at least 4 members (excludes halogenated alkanes) is 28. The molecule has 0 aromatic rings. The van der Waals surface area contributed by atoms with Gasteiger partial charge in [-0.25, -0.2) is 0 Å². The van der Waals surface area contributed by atoms with Crippen molar-refractivity contribution in [1.82, 2.24) is 0 Å². The molecule has 0 amide bonds. The van der Waals surface area contributed by atoms with E-state index in [1.807, 2.05) is 0 Å². The smallest absolute Gasteiger partial charge is 0.306 e. The van der Waals surface area contributed by atoms with Crippen LogP contribution in [-0.2, 0) is 28.6 Å². The second kappa shape index (κ2) is 47.3. The summed E-state index contributed by atoms with van der Waals surface area (Å²) in [5, 5.41) is 0. The summed E-state index contributed by atoms with van der Waals surface area (Å²) in [6, 6.07) is 0. The maximum Gasteiger partial charge on any atom is 0.306 e. The van der Waals surface area contributed by atoms with Crippen molar-refractivity contribution in [3.8, 4) is 0 Å². The van der Waals surface area contributed by atoms with Gasteiger partial charge in [-0.2, -0.15) is 0 Å². The van der Waals surface area contributed by atoms with Crippen LogP contribution in [0.4, 0.5) is 0 Å². The van der Waals surface area contributed by atoms with Crippen LogP contribution in [0.15, 0.2) is 36.5 Å². The maximum atomic E-state index is 12.7. The summed E-state index contributed by atoms with van der Waals surface area (Å²) < 4.78 is 16.7. The van der Waals surface area contributed by atoms with Crippen LogP contribution in [0.2, 0.25) is 0 Å². The van der Waals surface area contributed by atoms with Gasteiger partial charge in [-0.15, -0.1) is 0 Å². The predicted octanol–water partition coefficient (Wildman–Crippen LogP) is 16.1. The molecular weight excluding hydrogens is 721 g/mol. The minimum atomic E-state index is -0.774. The highest BCUT2D eigenvalue weighted by atomic mass is 16.6. The first-order valence-corrected chi connectivity index (χ1v) is 25.0. The molecule has 0 rings (SSSR count). The number of allylic oxidation sites excluding steroid dienone is 6. The van der Waals surface area contributed by atoms with E-state index in [4.69, 9.17) is 14.2 Å². The van der Waals surface area contributed by atoms with Crippen molar-refractivity contribution < 1.29 is 28.6 Å². The maximum absolute atomic E-state index is 12.7. The highest BCUT2D eigenvalue weighted by Gasteiger charge is 2.19. The van der Waals surface area contributed by atoms with Gasteiger partial charge in [-0.05, 0) is 77.0 Å². The predicted molar refractivity (Wildman–Crippen MR) is 247 cm³/mol. The molecule has 58 heavy (non-hydrogen) atoms. The zero-order chi connectivity index (χ0) is 42.3. The van der Waals surface area contributed by atoms with Crippen LogP contribution in [0.5, 0.6) is 0 Å². The lowest BCUT2D eigenvalue weighted by atomic mass is 10.1. The molecule has 6 heteroatoms. The number of carbonyl (C=O) groups excluding carboxylic acids is 3. The topological polar surface area (TPSA) is 78.9 Å². The Labute approximate surface area is 359 Å². The summed E-state index contributed by atoms with van der Waals surface area (Å²) >= 11 is 0. The third kappa shape index (κ3) is 44.7. The Kier molecular flexibility index (Phi) is 45.4. The minimum Gasteiger partial charge on any atom is -0.462 e.